The molecule has 6 heteroatoms. The normalized spacial score (nSPS) is 11.1. The van der Waals surface area contributed by atoms with E-state index in [-0.39, 0.29) is 17.2 Å². The predicted octanol–water partition coefficient (Wildman–Crippen LogP) is -0.254. The fraction of sp³-hybridized carbons (Fsp3) is 0.400. The van der Waals surface area contributed by atoms with Gasteiger partial charge in [-0.05, 0) is 6.07 Å². The first-order valence-electron chi connectivity index (χ1n) is 4.95. The van der Waals surface area contributed by atoms with Crippen molar-refractivity contribution in [3.63, 3.8) is 0 Å². The van der Waals surface area contributed by atoms with Gasteiger partial charge < -0.3 is 15.4 Å². The highest BCUT2D eigenvalue weighted by Crippen LogP contribution is 2.15. The Bertz CT molecular complexity index is 388. The minimum Gasteiger partial charge on any atom is -0.423 e. The van der Waals surface area contributed by atoms with Crippen LogP contribution in [0.25, 0.3) is 0 Å². The molecule has 0 saturated carbocycles. The van der Waals surface area contributed by atoms with Crippen molar-refractivity contribution in [1.82, 2.24) is 4.98 Å². The van der Waals surface area contributed by atoms with Gasteiger partial charge in [0.25, 0.3) is 0 Å². The molecular formula is C10H15BN2O3. The molecule has 0 fully saturated rings. The molecule has 0 saturated heterocycles. The van der Waals surface area contributed by atoms with Gasteiger partial charge in [-0.3, -0.25) is 4.79 Å². The van der Waals surface area contributed by atoms with Crippen LogP contribution in [0, 0.1) is 5.41 Å². The van der Waals surface area contributed by atoms with E-state index in [1.807, 2.05) is 0 Å². The Morgan fingerprint density at radius 2 is 2.06 bits per heavy atom. The lowest BCUT2D eigenvalue weighted by molar-refractivity contribution is -0.123. The van der Waals surface area contributed by atoms with Crippen LogP contribution in [0.1, 0.15) is 20.8 Å². The van der Waals surface area contributed by atoms with Gasteiger partial charge in [-0.2, -0.15) is 0 Å². The van der Waals surface area contributed by atoms with Crippen LogP contribution in [0.3, 0.4) is 0 Å². The second kappa shape index (κ2) is 4.63. The first-order chi connectivity index (χ1) is 7.32. The summed E-state index contributed by atoms with van der Waals surface area (Å²) < 4.78 is 0. The summed E-state index contributed by atoms with van der Waals surface area (Å²) >= 11 is 0. The van der Waals surface area contributed by atoms with Crippen LogP contribution in [0.2, 0.25) is 0 Å². The molecule has 0 spiro atoms. The van der Waals surface area contributed by atoms with Gasteiger partial charge in [-0.15, -0.1) is 0 Å². The van der Waals surface area contributed by atoms with Gasteiger partial charge in [0.2, 0.25) is 5.91 Å². The topological polar surface area (TPSA) is 82.5 Å². The highest BCUT2D eigenvalue weighted by atomic mass is 16.4. The predicted molar refractivity (Wildman–Crippen MR) is 62.1 cm³/mol. The number of nitrogens with zero attached hydrogens (tertiary/aromatic N) is 1. The maximum atomic E-state index is 11.7. The smallest absolute Gasteiger partial charge is 0.423 e. The average molecular weight is 222 g/mol. The summed E-state index contributed by atoms with van der Waals surface area (Å²) in [5, 5.41) is 20.7. The maximum absolute atomic E-state index is 11.7. The van der Waals surface area contributed by atoms with E-state index in [0.29, 0.717) is 0 Å². The standard InChI is InChI=1S/C10H15BN2O3/c1-10(2,3)9(14)13-8-7(11(15)16)5-4-6-12-8/h4-6,15-16H,1-3H3,(H,12,13,14). The van der Waals surface area contributed by atoms with Gasteiger partial charge in [-0.25, -0.2) is 4.98 Å². The third kappa shape index (κ3) is 3.05. The summed E-state index contributed by atoms with van der Waals surface area (Å²) in [4.78, 5) is 15.6. The quantitative estimate of drug-likeness (QED) is 0.602. The fourth-order valence-electron chi connectivity index (χ4n) is 1.03. The molecule has 1 heterocycles. The lowest BCUT2D eigenvalue weighted by Crippen LogP contribution is -2.36. The largest absolute Gasteiger partial charge is 0.492 e. The third-order valence-electron chi connectivity index (χ3n) is 2.03. The number of carbonyl (C=O) groups excluding carboxylic acids is 1. The van der Waals surface area contributed by atoms with Gasteiger partial charge in [0.1, 0.15) is 5.82 Å². The summed E-state index contributed by atoms with van der Waals surface area (Å²) in [5.41, 5.74) is -0.380. The monoisotopic (exact) mass is 222 g/mol. The number of rotatable bonds is 2. The van der Waals surface area contributed by atoms with Crippen molar-refractivity contribution >= 4 is 24.3 Å². The van der Waals surface area contributed by atoms with E-state index in [4.69, 9.17) is 10.0 Å². The lowest BCUT2D eigenvalue weighted by Gasteiger charge is -2.18. The van der Waals surface area contributed by atoms with Crippen LogP contribution < -0.4 is 10.8 Å². The van der Waals surface area contributed by atoms with Gasteiger partial charge in [0, 0.05) is 17.1 Å². The van der Waals surface area contributed by atoms with Gasteiger partial charge >= 0.3 is 7.12 Å². The van der Waals surface area contributed by atoms with E-state index in [1.165, 1.54) is 12.3 Å². The van der Waals surface area contributed by atoms with E-state index < -0.39 is 12.5 Å². The van der Waals surface area contributed by atoms with E-state index in [2.05, 4.69) is 10.3 Å². The molecule has 0 aliphatic carbocycles. The number of pyridine rings is 1. The number of hydrogen-bond acceptors (Lipinski definition) is 4. The number of nitrogens with one attached hydrogen (secondary N) is 1. The fourth-order valence-corrected chi connectivity index (χ4v) is 1.03. The summed E-state index contributed by atoms with van der Waals surface area (Å²) in [6, 6.07) is 3.07. The van der Waals surface area contributed by atoms with E-state index in [0.717, 1.165) is 0 Å². The molecule has 0 bridgehead atoms. The molecule has 5 nitrogen and oxygen atoms in total. The zero-order valence-electron chi connectivity index (χ0n) is 9.56. The van der Waals surface area contributed by atoms with Crippen LogP contribution in [-0.4, -0.2) is 28.1 Å². The van der Waals surface area contributed by atoms with Crippen LogP contribution in [0.4, 0.5) is 5.82 Å². The van der Waals surface area contributed by atoms with Crippen molar-refractivity contribution in [2.45, 2.75) is 20.8 Å². The highest BCUT2D eigenvalue weighted by Gasteiger charge is 2.24. The van der Waals surface area contributed by atoms with Gasteiger partial charge in [0.05, 0.1) is 0 Å². The van der Waals surface area contributed by atoms with Crippen LogP contribution in [0.15, 0.2) is 18.3 Å². The minimum atomic E-state index is -1.65. The van der Waals surface area contributed by atoms with Crippen molar-refractivity contribution in [3.8, 4) is 0 Å². The SMILES string of the molecule is CC(C)(C)C(=O)Nc1ncccc1B(O)O. The minimum absolute atomic E-state index is 0.178. The summed E-state index contributed by atoms with van der Waals surface area (Å²) in [7, 11) is -1.65. The first-order valence-corrected chi connectivity index (χ1v) is 4.95. The molecule has 16 heavy (non-hydrogen) atoms. The Kier molecular flexibility index (Phi) is 3.67. The number of anilines is 1. The molecule has 86 valence electrons. The third-order valence-corrected chi connectivity index (χ3v) is 2.03. The van der Waals surface area contributed by atoms with E-state index in [1.54, 1.807) is 26.8 Å². The molecule has 0 aliphatic heterocycles. The van der Waals surface area contributed by atoms with E-state index in [9.17, 15) is 4.79 Å². The number of carbonyl (C=O) groups is 1. The number of aromatic nitrogens is 1. The summed E-state index contributed by atoms with van der Waals surface area (Å²) in [5.74, 6) is -0.0504. The molecule has 1 rings (SSSR count). The van der Waals surface area contributed by atoms with Crippen LogP contribution in [-0.2, 0) is 4.79 Å². The number of hydrogen-bond donors (Lipinski definition) is 3. The second-order valence-electron chi connectivity index (χ2n) is 4.52. The Hall–Kier alpha value is -1.40. The van der Waals surface area contributed by atoms with Crippen LogP contribution >= 0.6 is 0 Å². The molecule has 1 amide bonds. The van der Waals surface area contributed by atoms with E-state index >= 15 is 0 Å². The molecule has 0 aliphatic rings. The Morgan fingerprint density at radius 1 is 1.44 bits per heavy atom. The maximum Gasteiger partial charge on any atom is 0.492 e. The van der Waals surface area contributed by atoms with Gasteiger partial charge in [0.15, 0.2) is 0 Å². The second-order valence-corrected chi connectivity index (χ2v) is 4.52. The molecule has 3 N–H and O–H groups in total. The van der Waals surface area contributed by atoms with Crippen molar-refractivity contribution in [2.24, 2.45) is 5.41 Å². The zero-order chi connectivity index (χ0) is 12.3. The van der Waals surface area contributed by atoms with Crippen molar-refractivity contribution in [1.29, 1.82) is 0 Å². The first kappa shape index (κ1) is 12.7. The molecule has 0 atom stereocenters. The van der Waals surface area contributed by atoms with Crippen molar-refractivity contribution in [2.75, 3.05) is 5.32 Å². The molecular weight excluding hydrogens is 207 g/mol. The Morgan fingerprint density at radius 3 is 2.56 bits per heavy atom. The molecule has 0 aromatic carbocycles. The highest BCUT2D eigenvalue weighted by molar-refractivity contribution is 6.60. The lowest BCUT2D eigenvalue weighted by atomic mass is 9.80. The average Bonchev–Trinajstić information content (AvgIpc) is 2.16. The van der Waals surface area contributed by atoms with Gasteiger partial charge in [-0.1, -0.05) is 26.8 Å². The summed E-state index contributed by atoms with van der Waals surface area (Å²) in [6.45, 7) is 5.29. The van der Waals surface area contributed by atoms with Crippen molar-refractivity contribution in [3.05, 3.63) is 18.3 Å². The number of amides is 1. The molecule has 1 aromatic rings. The Balaban J connectivity index is 2.94. The van der Waals surface area contributed by atoms with Crippen LogP contribution in [0.5, 0.6) is 0 Å². The Labute approximate surface area is 94.7 Å². The zero-order valence-corrected chi connectivity index (χ0v) is 9.56. The molecule has 0 radical (unpaired) electrons. The summed E-state index contributed by atoms with van der Waals surface area (Å²) in [6.07, 6.45) is 1.48. The molecule has 1 aromatic heterocycles. The van der Waals surface area contributed by atoms with Crippen molar-refractivity contribution < 1.29 is 14.8 Å². The molecule has 0 unspecified atom stereocenters.